The normalized spacial score (nSPS) is 10.5. The lowest BCUT2D eigenvalue weighted by atomic mass is 9.82. The third-order valence-corrected chi connectivity index (χ3v) is 5.16. The first-order valence-electron chi connectivity index (χ1n) is 9.80. The van der Waals surface area contributed by atoms with Gasteiger partial charge in [0.1, 0.15) is 0 Å². The zero-order chi connectivity index (χ0) is 21.8. The van der Waals surface area contributed by atoms with Gasteiger partial charge in [-0.2, -0.15) is 0 Å². The molecule has 0 saturated carbocycles. The molecule has 0 aliphatic carbocycles. The summed E-state index contributed by atoms with van der Waals surface area (Å²) in [6.07, 6.45) is 0. The Balaban J connectivity index is 2.22. The molecule has 0 unspecified atom stereocenters. The molecule has 0 heterocycles. The molecular weight excluding hydrogens is 388 g/mol. The van der Waals surface area contributed by atoms with Crippen molar-refractivity contribution in [2.24, 2.45) is 0 Å². The van der Waals surface area contributed by atoms with Gasteiger partial charge in [0, 0.05) is 11.1 Å². The number of carbonyl (C=O) groups is 2. The van der Waals surface area contributed by atoms with Crippen LogP contribution in [0.2, 0.25) is 0 Å². The molecule has 0 radical (unpaired) electrons. The maximum absolute atomic E-state index is 12.9. The van der Waals surface area contributed by atoms with Crippen LogP contribution < -0.4 is 0 Å². The molecule has 4 nitrogen and oxygen atoms in total. The molecule has 4 heteroatoms. The van der Waals surface area contributed by atoms with Gasteiger partial charge in [0.2, 0.25) is 0 Å². The average molecular weight is 408 g/mol. The summed E-state index contributed by atoms with van der Waals surface area (Å²) in [4.78, 5) is 25.5. The first-order chi connectivity index (χ1) is 15.1. The van der Waals surface area contributed by atoms with Crippen LogP contribution in [0, 0.1) is 0 Å². The lowest BCUT2D eigenvalue weighted by Crippen LogP contribution is -2.11. The number of benzene rings is 4. The van der Waals surface area contributed by atoms with Gasteiger partial charge in [-0.25, -0.2) is 9.59 Å². The second-order valence-electron chi connectivity index (χ2n) is 6.99. The van der Waals surface area contributed by atoms with Gasteiger partial charge in [0.05, 0.1) is 18.2 Å². The Morgan fingerprint density at radius 3 is 1.58 bits per heavy atom. The van der Waals surface area contributed by atoms with E-state index in [0.717, 1.165) is 5.56 Å². The zero-order valence-electron chi connectivity index (χ0n) is 16.9. The second-order valence-corrected chi connectivity index (χ2v) is 6.99. The van der Waals surface area contributed by atoms with Crippen molar-refractivity contribution in [1.29, 1.82) is 0 Å². The summed E-state index contributed by atoms with van der Waals surface area (Å²) in [5.41, 5.74) is 4.11. The number of carbonyl (C=O) groups excluding carboxylic acids is 1. The minimum absolute atomic E-state index is 0.143. The fraction of sp³-hybridized carbons (Fsp3) is 0.0370. The van der Waals surface area contributed by atoms with E-state index in [9.17, 15) is 14.7 Å². The highest BCUT2D eigenvalue weighted by atomic mass is 16.5. The molecule has 31 heavy (non-hydrogen) atoms. The minimum atomic E-state index is -1.06. The Morgan fingerprint density at radius 1 is 0.677 bits per heavy atom. The van der Waals surface area contributed by atoms with E-state index >= 15 is 0 Å². The van der Waals surface area contributed by atoms with Crippen molar-refractivity contribution in [3.8, 4) is 33.4 Å². The van der Waals surface area contributed by atoms with E-state index < -0.39 is 11.9 Å². The highest BCUT2D eigenvalue weighted by molar-refractivity contribution is 6.12. The van der Waals surface area contributed by atoms with Gasteiger partial charge < -0.3 is 9.84 Å². The summed E-state index contributed by atoms with van der Waals surface area (Å²) in [6.45, 7) is 0. The first-order valence-corrected chi connectivity index (χ1v) is 9.80. The van der Waals surface area contributed by atoms with Crippen LogP contribution in [0.25, 0.3) is 33.4 Å². The molecule has 0 aliphatic heterocycles. The third-order valence-electron chi connectivity index (χ3n) is 5.16. The summed E-state index contributed by atoms with van der Waals surface area (Å²) in [6, 6.07) is 29.4. The van der Waals surface area contributed by atoms with E-state index in [0.29, 0.717) is 33.4 Å². The number of hydrogen-bond acceptors (Lipinski definition) is 3. The lowest BCUT2D eigenvalue weighted by Gasteiger charge is -2.20. The molecule has 0 aromatic heterocycles. The molecule has 0 amide bonds. The van der Waals surface area contributed by atoms with E-state index in [1.54, 1.807) is 6.07 Å². The highest BCUT2D eigenvalue weighted by Crippen LogP contribution is 2.42. The van der Waals surface area contributed by atoms with Crippen molar-refractivity contribution in [2.45, 2.75) is 0 Å². The Morgan fingerprint density at radius 2 is 1.13 bits per heavy atom. The molecule has 1 N–H and O–H groups in total. The molecule has 4 rings (SSSR count). The molecule has 0 spiro atoms. The van der Waals surface area contributed by atoms with E-state index in [-0.39, 0.29) is 5.56 Å². The largest absolute Gasteiger partial charge is 0.478 e. The number of ether oxygens (including phenoxy) is 1. The van der Waals surface area contributed by atoms with Gasteiger partial charge in [-0.05, 0) is 28.3 Å². The highest BCUT2D eigenvalue weighted by Gasteiger charge is 2.28. The van der Waals surface area contributed by atoms with Crippen molar-refractivity contribution in [3.05, 3.63) is 108 Å². The Labute approximate surface area is 180 Å². The van der Waals surface area contributed by atoms with Crippen LogP contribution in [0.1, 0.15) is 20.7 Å². The quantitative estimate of drug-likeness (QED) is 0.401. The van der Waals surface area contributed by atoms with Crippen LogP contribution in [0.3, 0.4) is 0 Å². The fourth-order valence-electron chi connectivity index (χ4n) is 3.82. The Kier molecular flexibility index (Phi) is 5.63. The maximum Gasteiger partial charge on any atom is 0.338 e. The molecule has 4 aromatic rings. The van der Waals surface area contributed by atoms with Crippen molar-refractivity contribution in [1.82, 2.24) is 0 Å². The summed E-state index contributed by atoms with van der Waals surface area (Å²) < 4.78 is 5.09. The average Bonchev–Trinajstić information content (AvgIpc) is 2.83. The summed E-state index contributed by atoms with van der Waals surface area (Å²) in [5, 5.41) is 10.3. The predicted molar refractivity (Wildman–Crippen MR) is 121 cm³/mol. The predicted octanol–water partition coefficient (Wildman–Crippen LogP) is 6.17. The van der Waals surface area contributed by atoms with Crippen LogP contribution >= 0.6 is 0 Å². The number of esters is 1. The fourth-order valence-corrected chi connectivity index (χ4v) is 3.82. The van der Waals surface area contributed by atoms with Crippen molar-refractivity contribution < 1.29 is 19.4 Å². The molecule has 152 valence electrons. The Hall–Kier alpha value is -4.18. The van der Waals surface area contributed by atoms with Gasteiger partial charge in [-0.15, -0.1) is 0 Å². The standard InChI is InChI=1S/C27H20O4/c1-31-27(30)22-17-21(18-11-5-2-6-12-18)25(26(28)29)24(20-15-9-4-10-16-20)23(22)19-13-7-3-8-14-19/h2-17H,1H3,(H,28,29). The van der Waals surface area contributed by atoms with Gasteiger partial charge in [-0.3, -0.25) is 0 Å². The Bertz CT molecular complexity index is 1230. The van der Waals surface area contributed by atoms with E-state index in [1.165, 1.54) is 7.11 Å². The molecule has 0 saturated heterocycles. The van der Waals surface area contributed by atoms with E-state index in [4.69, 9.17) is 4.74 Å². The number of carboxylic acid groups (broad SMARTS) is 1. The van der Waals surface area contributed by atoms with E-state index in [1.807, 2.05) is 91.0 Å². The molecule has 0 aliphatic rings. The van der Waals surface area contributed by atoms with Crippen LogP contribution in [0.15, 0.2) is 97.1 Å². The molecule has 0 atom stereocenters. The van der Waals surface area contributed by atoms with Gasteiger partial charge in [-0.1, -0.05) is 91.0 Å². The first kappa shape index (κ1) is 20.1. The number of carboxylic acids is 1. The maximum atomic E-state index is 12.9. The van der Waals surface area contributed by atoms with E-state index in [2.05, 4.69) is 0 Å². The summed E-state index contributed by atoms with van der Waals surface area (Å²) in [7, 11) is 1.33. The molecular formula is C27H20O4. The number of aromatic carboxylic acids is 1. The van der Waals surface area contributed by atoms with Gasteiger partial charge in [0.15, 0.2) is 0 Å². The zero-order valence-corrected chi connectivity index (χ0v) is 16.9. The van der Waals surface area contributed by atoms with Crippen LogP contribution in [-0.4, -0.2) is 24.2 Å². The molecule has 4 aromatic carbocycles. The van der Waals surface area contributed by atoms with Crippen LogP contribution in [0.4, 0.5) is 0 Å². The minimum Gasteiger partial charge on any atom is -0.478 e. The van der Waals surface area contributed by atoms with Crippen molar-refractivity contribution >= 4 is 11.9 Å². The lowest BCUT2D eigenvalue weighted by molar-refractivity contribution is 0.0599. The second kappa shape index (κ2) is 8.67. The summed E-state index contributed by atoms with van der Waals surface area (Å²) >= 11 is 0. The van der Waals surface area contributed by atoms with Crippen LogP contribution in [0.5, 0.6) is 0 Å². The number of methoxy groups -OCH3 is 1. The number of rotatable bonds is 5. The third kappa shape index (κ3) is 3.83. The SMILES string of the molecule is COC(=O)c1cc(-c2ccccc2)c(C(=O)O)c(-c2ccccc2)c1-c1ccccc1. The van der Waals surface area contributed by atoms with Gasteiger partial charge in [0.25, 0.3) is 0 Å². The monoisotopic (exact) mass is 408 g/mol. The smallest absolute Gasteiger partial charge is 0.338 e. The van der Waals surface area contributed by atoms with Crippen LogP contribution in [-0.2, 0) is 4.74 Å². The van der Waals surface area contributed by atoms with Crippen molar-refractivity contribution in [3.63, 3.8) is 0 Å². The van der Waals surface area contributed by atoms with Crippen molar-refractivity contribution in [2.75, 3.05) is 7.11 Å². The van der Waals surface area contributed by atoms with Gasteiger partial charge >= 0.3 is 11.9 Å². The molecule has 0 fully saturated rings. The molecule has 0 bridgehead atoms. The summed E-state index contributed by atoms with van der Waals surface area (Å²) in [5.74, 6) is -1.59. The topological polar surface area (TPSA) is 63.6 Å². The number of hydrogen-bond donors (Lipinski definition) is 1.